The highest BCUT2D eigenvalue weighted by Crippen LogP contribution is 2.26. The minimum Gasteiger partial charge on any atom is -0.366 e. The van der Waals surface area contributed by atoms with E-state index >= 15 is 0 Å². The summed E-state index contributed by atoms with van der Waals surface area (Å²) in [6.45, 7) is 4.01. The lowest BCUT2D eigenvalue weighted by molar-refractivity contribution is -0.132. The smallest absolute Gasteiger partial charge is 0.256 e. The molecule has 1 fully saturated rings. The lowest BCUT2D eigenvalue weighted by Crippen LogP contribution is -2.46. The van der Waals surface area contributed by atoms with Gasteiger partial charge in [0, 0.05) is 35.6 Å². The summed E-state index contributed by atoms with van der Waals surface area (Å²) in [7, 11) is 1.98. The summed E-state index contributed by atoms with van der Waals surface area (Å²) in [6, 6.07) is 6.00. The fourth-order valence-electron chi connectivity index (χ4n) is 2.60. The molecule has 1 unspecified atom stereocenters. The molecular weight excluding hydrogens is 346 g/mol. The minimum atomic E-state index is -0.442. The van der Waals surface area contributed by atoms with Crippen LogP contribution >= 0.6 is 22.9 Å². The van der Waals surface area contributed by atoms with Crippen LogP contribution in [-0.2, 0) is 16.0 Å². The normalized spacial score (nSPS) is 18.5. The molecule has 128 valence electrons. The number of hydrogen-bond donors (Lipinski definition) is 1. The van der Waals surface area contributed by atoms with E-state index in [1.165, 1.54) is 11.3 Å². The van der Waals surface area contributed by atoms with Crippen molar-refractivity contribution in [2.75, 3.05) is 32.1 Å². The highest BCUT2D eigenvalue weighted by atomic mass is 35.5. The van der Waals surface area contributed by atoms with Gasteiger partial charge < -0.3 is 9.64 Å². The van der Waals surface area contributed by atoms with Gasteiger partial charge in [-0.25, -0.2) is 4.98 Å². The quantitative estimate of drug-likeness (QED) is 0.905. The Kier molecular flexibility index (Phi) is 5.50. The first-order valence-corrected chi connectivity index (χ1v) is 9.02. The van der Waals surface area contributed by atoms with Crippen LogP contribution in [0.2, 0.25) is 5.02 Å². The Bertz CT molecular complexity index is 734. The number of carbonyl (C=O) groups is 1. The van der Waals surface area contributed by atoms with Crippen LogP contribution in [0.3, 0.4) is 0 Å². The summed E-state index contributed by atoms with van der Waals surface area (Å²) >= 11 is 7.81. The monoisotopic (exact) mass is 365 g/mol. The summed E-state index contributed by atoms with van der Waals surface area (Å²) in [5, 5.41) is 4.23. The number of hydrogen-bond acceptors (Lipinski definition) is 5. The molecule has 1 aliphatic rings. The van der Waals surface area contributed by atoms with Crippen LogP contribution < -0.4 is 5.32 Å². The van der Waals surface area contributed by atoms with E-state index in [0.29, 0.717) is 24.7 Å². The van der Waals surface area contributed by atoms with E-state index in [4.69, 9.17) is 16.3 Å². The van der Waals surface area contributed by atoms with Crippen LogP contribution in [0.25, 0.3) is 0 Å². The number of benzene rings is 1. The van der Waals surface area contributed by atoms with E-state index < -0.39 is 6.10 Å². The third-order valence-electron chi connectivity index (χ3n) is 3.98. The number of halogens is 1. The number of anilines is 1. The zero-order valence-corrected chi connectivity index (χ0v) is 15.3. The first-order chi connectivity index (χ1) is 11.5. The average molecular weight is 366 g/mol. The highest BCUT2D eigenvalue weighted by molar-refractivity contribution is 7.15. The molecule has 0 bridgehead atoms. The van der Waals surface area contributed by atoms with Crippen LogP contribution in [0.4, 0.5) is 5.13 Å². The van der Waals surface area contributed by atoms with Crippen molar-refractivity contribution in [3.63, 3.8) is 0 Å². The number of ether oxygens (including phenoxy) is 1. The zero-order valence-electron chi connectivity index (χ0n) is 13.7. The molecule has 1 aromatic carbocycles. The van der Waals surface area contributed by atoms with E-state index in [-0.39, 0.29) is 5.91 Å². The summed E-state index contributed by atoms with van der Waals surface area (Å²) < 4.78 is 5.52. The van der Waals surface area contributed by atoms with Crippen LogP contribution in [0.5, 0.6) is 0 Å². The van der Waals surface area contributed by atoms with Crippen molar-refractivity contribution < 1.29 is 9.53 Å². The number of morpholine rings is 1. The molecule has 2 heterocycles. The first kappa shape index (κ1) is 17.4. The summed E-state index contributed by atoms with van der Waals surface area (Å²) in [5.74, 6) is -0.143. The van der Waals surface area contributed by atoms with Gasteiger partial charge in [0.15, 0.2) is 5.13 Å². The number of aromatic nitrogens is 1. The number of thiazole rings is 1. The summed E-state index contributed by atoms with van der Waals surface area (Å²) in [4.78, 5) is 19.7. The molecule has 0 aliphatic carbocycles. The van der Waals surface area contributed by atoms with Crippen LogP contribution in [0, 0.1) is 6.92 Å². The fraction of sp³-hybridized carbons (Fsp3) is 0.412. The van der Waals surface area contributed by atoms with Crippen LogP contribution in [0.1, 0.15) is 16.0 Å². The zero-order chi connectivity index (χ0) is 17.1. The second kappa shape index (κ2) is 7.61. The Morgan fingerprint density at radius 2 is 2.38 bits per heavy atom. The molecule has 0 spiro atoms. The molecule has 5 nitrogen and oxygen atoms in total. The second-order valence-electron chi connectivity index (χ2n) is 5.97. The number of rotatable bonds is 4. The molecule has 1 aliphatic heterocycles. The number of amides is 1. The Labute approximate surface area is 150 Å². The van der Waals surface area contributed by atoms with Gasteiger partial charge in [0.05, 0.1) is 6.61 Å². The molecule has 1 atom stereocenters. The van der Waals surface area contributed by atoms with Gasteiger partial charge in [0.2, 0.25) is 0 Å². The Morgan fingerprint density at radius 3 is 3.17 bits per heavy atom. The Morgan fingerprint density at radius 1 is 1.54 bits per heavy atom. The third kappa shape index (κ3) is 4.13. The molecule has 0 saturated carbocycles. The first-order valence-electron chi connectivity index (χ1n) is 7.82. The van der Waals surface area contributed by atoms with Gasteiger partial charge in [-0.05, 0) is 25.1 Å². The summed E-state index contributed by atoms with van der Waals surface area (Å²) in [5.41, 5.74) is 2.13. The maximum atomic E-state index is 12.3. The Balaban J connectivity index is 1.63. The molecule has 1 saturated heterocycles. The number of carbonyl (C=O) groups excluding carboxylic acids is 1. The standard InChI is InChI=1S/C17H20ClN3O2S/c1-11-4-3-5-12(15(11)18)8-13-9-19-17(24-13)20-16(22)14-10-21(2)6-7-23-14/h3-5,9,14H,6-8,10H2,1-2H3,(H,19,20,22). The van der Waals surface area contributed by atoms with Crippen molar-refractivity contribution in [3.8, 4) is 0 Å². The van der Waals surface area contributed by atoms with Crippen molar-refractivity contribution in [3.05, 3.63) is 45.4 Å². The molecule has 1 aromatic heterocycles. The second-order valence-corrected chi connectivity index (χ2v) is 7.46. The molecule has 2 aromatic rings. The number of aryl methyl sites for hydroxylation is 1. The van der Waals surface area contributed by atoms with Crippen LogP contribution in [0.15, 0.2) is 24.4 Å². The average Bonchev–Trinajstić information content (AvgIpc) is 2.99. The molecule has 3 rings (SSSR count). The third-order valence-corrected chi connectivity index (χ3v) is 5.44. The van der Waals surface area contributed by atoms with Crippen molar-refractivity contribution >= 4 is 34.0 Å². The van der Waals surface area contributed by atoms with Crippen LogP contribution in [-0.4, -0.2) is 48.6 Å². The maximum Gasteiger partial charge on any atom is 0.256 e. The van der Waals surface area contributed by atoms with Gasteiger partial charge in [0.25, 0.3) is 5.91 Å². The predicted octanol–water partition coefficient (Wildman–Crippen LogP) is 2.96. The molecule has 1 N–H and O–H groups in total. The minimum absolute atomic E-state index is 0.143. The van der Waals surface area contributed by atoms with Gasteiger partial charge in [-0.2, -0.15) is 0 Å². The topological polar surface area (TPSA) is 54.5 Å². The molecule has 24 heavy (non-hydrogen) atoms. The van der Waals surface area contributed by atoms with Gasteiger partial charge in [-0.15, -0.1) is 11.3 Å². The highest BCUT2D eigenvalue weighted by Gasteiger charge is 2.25. The number of nitrogens with zero attached hydrogens (tertiary/aromatic N) is 2. The van der Waals surface area contributed by atoms with Gasteiger partial charge in [0.1, 0.15) is 6.10 Å². The molecule has 0 radical (unpaired) electrons. The molecule has 1 amide bonds. The van der Waals surface area contributed by atoms with Gasteiger partial charge in [-0.1, -0.05) is 29.8 Å². The largest absolute Gasteiger partial charge is 0.366 e. The van der Waals surface area contributed by atoms with Crippen molar-refractivity contribution in [2.45, 2.75) is 19.4 Å². The lowest BCUT2D eigenvalue weighted by atomic mass is 10.1. The van der Waals surface area contributed by atoms with Crippen molar-refractivity contribution in [1.29, 1.82) is 0 Å². The van der Waals surface area contributed by atoms with Crippen molar-refractivity contribution in [2.24, 2.45) is 0 Å². The van der Waals surface area contributed by atoms with Crippen molar-refractivity contribution in [1.82, 2.24) is 9.88 Å². The SMILES string of the molecule is Cc1cccc(Cc2cnc(NC(=O)C3CN(C)CCO3)s2)c1Cl. The summed E-state index contributed by atoms with van der Waals surface area (Å²) in [6.07, 6.45) is 2.05. The molecular formula is C17H20ClN3O2S. The lowest BCUT2D eigenvalue weighted by Gasteiger charge is -2.28. The Hall–Kier alpha value is -1.47. The van der Waals surface area contributed by atoms with E-state index in [1.807, 2.05) is 32.2 Å². The predicted molar refractivity (Wildman–Crippen MR) is 97.0 cm³/mol. The van der Waals surface area contributed by atoms with Gasteiger partial charge in [-0.3, -0.25) is 10.1 Å². The van der Waals surface area contributed by atoms with E-state index in [9.17, 15) is 4.79 Å². The fourth-order valence-corrected chi connectivity index (χ4v) is 3.63. The molecule has 7 heteroatoms. The van der Waals surface area contributed by atoms with Gasteiger partial charge >= 0.3 is 0 Å². The number of likely N-dealkylation sites (N-methyl/N-ethyl adjacent to an activating group) is 1. The maximum absolute atomic E-state index is 12.3. The van der Waals surface area contributed by atoms with E-state index in [0.717, 1.165) is 27.6 Å². The number of nitrogens with one attached hydrogen (secondary N) is 1. The van der Waals surface area contributed by atoms with E-state index in [2.05, 4.69) is 15.2 Å². The van der Waals surface area contributed by atoms with E-state index in [1.54, 1.807) is 6.20 Å².